The van der Waals surface area contributed by atoms with Gasteiger partial charge in [-0.25, -0.2) is 4.79 Å². The first kappa shape index (κ1) is 19.5. The van der Waals surface area contributed by atoms with E-state index >= 15 is 0 Å². The number of nitrogens with one attached hydrogen (secondary N) is 2. The van der Waals surface area contributed by atoms with Gasteiger partial charge >= 0.3 is 6.09 Å². The number of furan rings is 1. The monoisotopic (exact) mass is 392 g/mol. The number of carbonyl (C=O) groups excluding carboxylic acids is 2. The molecule has 1 aromatic carbocycles. The summed E-state index contributed by atoms with van der Waals surface area (Å²) in [6, 6.07) is 7.08. The van der Waals surface area contributed by atoms with Crippen LogP contribution >= 0.6 is 11.6 Å². The number of rotatable bonds is 3. The van der Waals surface area contributed by atoms with Gasteiger partial charge < -0.3 is 19.8 Å². The van der Waals surface area contributed by atoms with E-state index in [4.69, 9.17) is 20.8 Å². The Labute approximate surface area is 163 Å². The third-order valence-electron chi connectivity index (χ3n) is 4.49. The zero-order chi connectivity index (χ0) is 19.6. The van der Waals surface area contributed by atoms with Crippen molar-refractivity contribution in [1.29, 1.82) is 0 Å². The Morgan fingerprint density at radius 3 is 2.33 bits per heavy atom. The van der Waals surface area contributed by atoms with Gasteiger partial charge in [0.05, 0.1) is 0 Å². The highest BCUT2D eigenvalue weighted by Crippen LogP contribution is 2.24. The van der Waals surface area contributed by atoms with Crippen molar-refractivity contribution in [2.24, 2.45) is 0 Å². The molecule has 0 unspecified atom stereocenters. The molecule has 0 spiro atoms. The van der Waals surface area contributed by atoms with Crippen molar-refractivity contribution in [2.75, 3.05) is 0 Å². The van der Waals surface area contributed by atoms with Crippen LogP contribution < -0.4 is 10.6 Å². The summed E-state index contributed by atoms with van der Waals surface area (Å²) in [7, 11) is 0. The molecule has 0 aliphatic heterocycles. The second-order valence-corrected chi connectivity index (χ2v) is 8.40. The predicted octanol–water partition coefficient (Wildman–Crippen LogP) is 4.65. The first-order chi connectivity index (χ1) is 12.7. The molecule has 3 rings (SSSR count). The fraction of sp³-hybridized carbons (Fsp3) is 0.500. The number of hydrogen-bond donors (Lipinski definition) is 2. The van der Waals surface area contributed by atoms with Crippen molar-refractivity contribution in [3.05, 3.63) is 35.0 Å². The average Bonchev–Trinajstić information content (AvgIpc) is 2.98. The first-order valence-electron chi connectivity index (χ1n) is 9.19. The van der Waals surface area contributed by atoms with Crippen LogP contribution in [0.15, 0.2) is 28.7 Å². The molecule has 1 aliphatic rings. The minimum Gasteiger partial charge on any atom is -0.451 e. The second kappa shape index (κ2) is 7.80. The van der Waals surface area contributed by atoms with E-state index in [1.165, 1.54) is 0 Å². The van der Waals surface area contributed by atoms with E-state index in [2.05, 4.69) is 10.6 Å². The number of amides is 2. The summed E-state index contributed by atoms with van der Waals surface area (Å²) in [4.78, 5) is 24.3. The topological polar surface area (TPSA) is 80.6 Å². The van der Waals surface area contributed by atoms with Crippen molar-refractivity contribution in [3.8, 4) is 0 Å². The van der Waals surface area contributed by atoms with Crippen LogP contribution in [-0.2, 0) is 4.74 Å². The zero-order valence-electron chi connectivity index (χ0n) is 15.8. The number of hydrogen-bond acceptors (Lipinski definition) is 4. The molecule has 0 saturated heterocycles. The van der Waals surface area contributed by atoms with Gasteiger partial charge in [0, 0.05) is 22.5 Å². The van der Waals surface area contributed by atoms with Gasteiger partial charge in [-0.1, -0.05) is 11.6 Å². The van der Waals surface area contributed by atoms with Gasteiger partial charge in [0.1, 0.15) is 11.2 Å². The van der Waals surface area contributed by atoms with Crippen molar-refractivity contribution < 1.29 is 18.7 Å². The lowest BCUT2D eigenvalue weighted by Gasteiger charge is -2.30. The van der Waals surface area contributed by atoms with Crippen LogP contribution in [0.2, 0.25) is 5.02 Å². The molecule has 1 fully saturated rings. The van der Waals surface area contributed by atoms with Crippen molar-refractivity contribution >= 4 is 34.6 Å². The lowest BCUT2D eigenvalue weighted by molar-refractivity contribution is 0.0487. The standard InChI is InChI=1S/C20H25ClN2O4/c1-20(2,3)27-19(25)23-15-7-5-14(6-8-15)22-18(24)17-11-12-10-13(21)4-9-16(12)26-17/h4,9-11,14-15H,5-8H2,1-3H3,(H,22,24)(H,23,25)/t14-,15-. The van der Waals surface area contributed by atoms with E-state index in [0.717, 1.165) is 31.1 Å². The van der Waals surface area contributed by atoms with Gasteiger partial charge in [0.15, 0.2) is 5.76 Å². The van der Waals surface area contributed by atoms with Gasteiger partial charge in [-0.15, -0.1) is 0 Å². The Bertz CT molecular complexity index is 832. The first-order valence-corrected chi connectivity index (χ1v) is 9.57. The average molecular weight is 393 g/mol. The second-order valence-electron chi connectivity index (χ2n) is 7.96. The third kappa shape index (κ3) is 5.39. The summed E-state index contributed by atoms with van der Waals surface area (Å²) in [6.07, 6.45) is 2.77. The van der Waals surface area contributed by atoms with E-state index in [1.54, 1.807) is 24.3 Å². The Morgan fingerprint density at radius 2 is 1.70 bits per heavy atom. The minimum absolute atomic E-state index is 0.0611. The molecule has 1 heterocycles. The molecular weight excluding hydrogens is 368 g/mol. The van der Waals surface area contributed by atoms with E-state index in [1.807, 2.05) is 20.8 Å². The van der Waals surface area contributed by atoms with Crippen LogP contribution in [0.25, 0.3) is 11.0 Å². The number of carbonyl (C=O) groups is 2. The Hall–Kier alpha value is -2.21. The quantitative estimate of drug-likeness (QED) is 0.796. The fourth-order valence-electron chi connectivity index (χ4n) is 3.24. The third-order valence-corrected chi connectivity index (χ3v) is 4.72. The van der Waals surface area contributed by atoms with Crippen molar-refractivity contribution in [3.63, 3.8) is 0 Å². The van der Waals surface area contributed by atoms with Crippen molar-refractivity contribution in [1.82, 2.24) is 10.6 Å². The number of alkyl carbamates (subject to hydrolysis) is 1. The molecular formula is C20H25ClN2O4. The number of fused-ring (bicyclic) bond motifs is 1. The maximum absolute atomic E-state index is 12.5. The van der Waals surface area contributed by atoms with Gasteiger partial charge in [-0.2, -0.15) is 0 Å². The lowest BCUT2D eigenvalue weighted by Crippen LogP contribution is -2.45. The van der Waals surface area contributed by atoms with E-state index in [0.29, 0.717) is 10.6 Å². The highest BCUT2D eigenvalue weighted by Gasteiger charge is 2.26. The van der Waals surface area contributed by atoms with Crippen molar-refractivity contribution in [2.45, 2.75) is 64.1 Å². The largest absolute Gasteiger partial charge is 0.451 e. The summed E-state index contributed by atoms with van der Waals surface area (Å²) in [5.41, 5.74) is 0.126. The van der Waals surface area contributed by atoms with Crippen LogP contribution in [-0.4, -0.2) is 29.7 Å². The maximum Gasteiger partial charge on any atom is 0.407 e. The van der Waals surface area contributed by atoms with Crippen LogP contribution in [0.5, 0.6) is 0 Å². The Balaban J connectivity index is 1.49. The summed E-state index contributed by atoms with van der Waals surface area (Å²) < 4.78 is 10.9. The van der Waals surface area contributed by atoms with E-state index in [-0.39, 0.29) is 23.8 Å². The molecule has 1 aromatic heterocycles. The van der Waals surface area contributed by atoms with Gasteiger partial charge in [-0.3, -0.25) is 4.79 Å². The summed E-state index contributed by atoms with van der Waals surface area (Å²) in [5, 5.41) is 7.32. The van der Waals surface area contributed by atoms with Gasteiger partial charge in [0.2, 0.25) is 0 Å². The Morgan fingerprint density at radius 1 is 1.07 bits per heavy atom. The van der Waals surface area contributed by atoms with Crippen LogP contribution in [0.4, 0.5) is 4.79 Å². The van der Waals surface area contributed by atoms with Gasteiger partial charge in [-0.05, 0) is 70.7 Å². The smallest absolute Gasteiger partial charge is 0.407 e. The molecule has 6 nitrogen and oxygen atoms in total. The molecule has 27 heavy (non-hydrogen) atoms. The van der Waals surface area contributed by atoms with E-state index in [9.17, 15) is 9.59 Å². The molecule has 0 radical (unpaired) electrons. The molecule has 0 atom stereocenters. The van der Waals surface area contributed by atoms with Gasteiger partial charge in [0.25, 0.3) is 5.91 Å². The lowest BCUT2D eigenvalue weighted by atomic mass is 9.91. The SMILES string of the molecule is CC(C)(C)OC(=O)N[C@H]1CC[C@H](NC(=O)c2cc3cc(Cl)ccc3o2)CC1. The van der Waals surface area contributed by atoms with Crippen LogP contribution in [0, 0.1) is 0 Å². The molecule has 2 N–H and O–H groups in total. The molecule has 1 saturated carbocycles. The maximum atomic E-state index is 12.5. The summed E-state index contributed by atoms with van der Waals surface area (Å²) in [6.45, 7) is 5.51. The normalized spacial score (nSPS) is 20.3. The number of ether oxygens (including phenoxy) is 1. The number of halogens is 1. The van der Waals surface area contributed by atoms with Crippen LogP contribution in [0.3, 0.4) is 0 Å². The fourth-order valence-corrected chi connectivity index (χ4v) is 3.42. The highest BCUT2D eigenvalue weighted by atomic mass is 35.5. The molecule has 7 heteroatoms. The molecule has 1 aliphatic carbocycles. The van der Waals surface area contributed by atoms with Crippen LogP contribution in [0.1, 0.15) is 57.0 Å². The molecule has 0 bridgehead atoms. The Kier molecular flexibility index (Phi) is 5.65. The number of benzene rings is 1. The zero-order valence-corrected chi connectivity index (χ0v) is 16.6. The molecule has 2 amide bonds. The summed E-state index contributed by atoms with van der Waals surface area (Å²) >= 11 is 5.97. The predicted molar refractivity (Wildman–Crippen MR) is 104 cm³/mol. The highest BCUT2D eigenvalue weighted by molar-refractivity contribution is 6.31. The molecule has 146 valence electrons. The molecule has 2 aromatic rings. The van der Waals surface area contributed by atoms with E-state index < -0.39 is 11.7 Å². The summed E-state index contributed by atoms with van der Waals surface area (Å²) in [5.74, 6) is 0.0483. The minimum atomic E-state index is -0.508.